The molecule has 1 aromatic carbocycles. The van der Waals surface area contributed by atoms with Gasteiger partial charge in [0.1, 0.15) is 5.84 Å². The second-order valence-electron chi connectivity index (χ2n) is 5.03. The van der Waals surface area contributed by atoms with Gasteiger partial charge in [0.2, 0.25) is 11.9 Å². The van der Waals surface area contributed by atoms with Crippen molar-refractivity contribution in [3.63, 3.8) is 0 Å². The van der Waals surface area contributed by atoms with E-state index in [1.807, 2.05) is 19.9 Å². The third-order valence-electron chi connectivity index (χ3n) is 2.97. The van der Waals surface area contributed by atoms with Crippen molar-refractivity contribution in [1.82, 2.24) is 5.32 Å². The summed E-state index contributed by atoms with van der Waals surface area (Å²) < 4.78 is 0. The van der Waals surface area contributed by atoms with Crippen molar-refractivity contribution >= 4 is 40.9 Å². The second-order valence-corrected chi connectivity index (χ2v) is 5.81. The quantitative estimate of drug-likeness (QED) is 0.647. The van der Waals surface area contributed by atoms with Crippen molar-refractivity contribution < 1.29 is 4.79 Å². The number of halogens is 2. The lowest BCUT2D eigenvalue weighted by Crippen LogP contribution is -2.26. The van der Waals surface area contributed by atoms with Crippen molar-refractivity contribution in [3.05, 3.63) is 33.8 Å². The van der Waals surface area contributed by atoms with Crippen molar-refractivity contribution in [1.29, 1.82) is 0 Å². The van der Waals surface area contributed by atoms with E-state index in [1.165, 1.54) is 0 Å². The summed E-state index contributed by atoms with van der Waals surface area (Å²) in [5.41, 5.74) is 6.51. The molecule has 0 aliphatic carbocycles. The first kappa shape index (κ1) is 15.8. The molecule has 0 aromatic heterocycles. The number of nitrogens with two attached hydrogens (primary N) is 1. The van der Waals surface area contributed by atoms with Gasteiger partial charge in [0.25, 0.3) is 0 Å². The first-order valence-corrected chi connectivity index (χ1v) is 7.29. The minimum absolute atomic E-state index is 0.0275. The number of nitrogens with one attached hydrogen (secondary N) is 1. The summed E-state index contributed by atoms with van der Waals surface area (Å²) in [6.07, 6.45) is 0.258. The molecule has 0 bridgehead atoms. The molecule has 1 aromatic rings. The fourth-order valence-corrected chi connectivity index (χ4v) is 2.57. The Bertz CT molecular complexity index is 625. The van der Waals surface area contributed by atoms with Gasteiger partial charge < -0.3 is 11.1 Å². The fourth-order valence-electron chi connectivity index (χ4n) is 2.13. The summed E-state index contributed by atoms with van der Waals surface area (Å²) in [6, 6.07) is 5.34. The molecule has 1 fully saturated rings. The van der Waals surface area contributed by atoms with Crippen LogP contribution in [0.25, 0.3) is 0 Å². The van der Waals surface area contributed by atoms with E-state index in [9.17, 15) is 4.79 Å². The average Bonchev–Trinajstić information content (AvgIpc) is 2.72. The van der Waals surface area contributed by atoms with Crippen LogP contribution in [-0.4, -0.2) is 23.7 Å². The normalized spacial score (nSPS) is 21.2. The molecule has 1 aliphatic rings. The molecule has 5 nitrogen and oxygen atoms in total. The van der Waals surface area contributed by atoms with Gasteiger partial charge in [0.15, 0.2) is 0 Å². The summed E-state index contributed by atoms with van der Waals surface area (Å²) in [4.78, 5) is 20.0. The van der Waals surface area contributed by atoms with Crippen LogP contribution in [0, 0.1) is 0 Å². The topological polar surface area (TPSA) is 79.8 Å². The molecule has 0 spiro atoms. The molecule has 1 unspecified atom stereocenters. The van der Waals surface area contributed by atoms with Crippen molar-refractivity contribution in [2.24, 2.45) is 15.7 Å². The Hall–Kier alpha value is -1.59. The zero-order valence-corrected chi connectivity index (χ0v) is 13.2. The highest BCUT2D eigenvalue weighted by molar-refractivity contribution is 6.42. The van der Waals surface area contributed by atoms with Gasteiger partial charge in [-0.1, -0.05) is 35.3 Å². The zero-order valence-electron chi connectivity index (χ0n) is 11.7. The van der Waals surface area contributed by atoms with Gasteiger partial charge in [-0.2, -0.15) is 4.99 Å². The molecule has 1 saturated heterocycles. The number of rotatable bonds is 2. The van der Waals surface area contributed by atoms with Gasteiger partial charge in [0.05, 0.1) is 16.0 Å². The molecular weight excluding hydrogens is 311 g/mol. The molecule has 1 atom stereocenters. The SMILES string of the molecule is CC(C)N=C(N)/N=C1/NC(=O)CC1c1cccc(Cl)c1Cl. The van der Waals surface area contributed by atoms with E-state index >= 15 is 0 Å². The summed E-state index contributed by atoms with van der Waals surface area (Å²) in [5, 5.41) is 3.57. The highest BCUT2D eigenvalue weighted by atomic mass is 35.5. The number of carbonyl (C=O) groups is 1. The van der Waals surface area contributed by atoms with Crippen molar-refractivity contribution in [2.45, 2.75) is 32.2 Å². The van der Waals surface area contributed by atoms with Gasteiger partial charge in [0, 0.05) is 12.5 Å². The lowest BCUT2D eigenvalue weighted by atomic mass is 9.97. The van der Waals surface area contributed by atoms with E-state index in [4.69, 9.17) is 28.9 Å². The molecule has 0 radical (unpaired) electrons. The monoisotopic (exact) mass is 326 g/mol. The lowest BCUT2D eigenvalue weighted by molar-refractivity contribution is -0.118. The highest BCUT2D eigenvalue weighted by Crippen LogP contribution is 2.34. The van der Waals surface area contributed by atoms with E-state index in [0.29, 0.717) is 15.9 Å². The van der Waals surface area contributed by atoms with Crippen LogP contribution in [0.15, 0.2) is 28.2 Å². The third-order valence-corrected chi connectivity index (χ3v) is 3.80. The van der Waals surface area contributed by atoms with E-state index in [-0.39, 0.29) is 30.2 Å². The zero-order chi connectivity index (χ0) is 15.6. The van der Waals surface area contributed by atoms with E-state index in [1.54, 1.807) is 12.1 Å². The Morgan fingerprint density at radius 2 is 2.14 bits per heavy atom. The van der Waals surface area contributed by atoms with Gasteiger partial charge in [-0.05, 0) is 25.5 Å². The summed E-state index contributed by atoms with van der Waals surface area (Å²) >= 11 is 12.2. The molecule has 1 amide bonds. The first-order chi connectivity index (χ1) is 9.88. The molecule has 1 heterocycles. The predicted molar refractivity (Wildman–Crippen MR) is 86.2 cm³/mol. The molecule has 21 heavy (non-hydrogen) atoms. The van der Waals surface area contributed by atoms with Gasteiger partial charge >= 0.3 is 0 Å². The number of carbonyl (C=O) groups excluding carboxylic acids is 1. The number of hydrogen-bond acceptors (Lipinski definition) is 2. The Morgan fingerprint density at radius 1 is 1.43 bits per heavy atom. The number of guanidine groups is 1. The maximum Gasteiger partial charge on any atom is 0.226 e. The number of nitrogens with zero attached hydrogens (tertiary/aromatic N) is 2. The summed E-state index contributed by atoms with van der Waals surface area (Å²) in [6.45, 7) is 3.79. The maximum atomic E-state index is 11.7. The lowest BCUT2D eigenvalue weighted by Gasteiger charge is -2.12. The Balaban J connectivity index is 2.40. The molecule has 0 saturated carbocycles. The highest BCUT2D eigenvalue weighted by Gasteiger charge is 2.32. The summed E-state index contributed by atoms with van der Waals surface area (Å²) in [5.74, 6) is 0.160. The maximum absolute atomic E-state index is 11.7. The molecular formula is C14H16Cl2N4O. The first-order valence-electron chi connectivity index (χ1n) is 6.54. The number of benzene rings is 1. The minimum Gasteiger partial charge on any atom is -0.368 e. The second kappa shape index (κ2) is 6.45. The molecule has 7 heteroatoms. The number of amides is 1. The van der Waals surface area contributed by atoms with Crippen LogP contribution >= 0.6 is 23.2 Å². The van der Waals surface area contributed by atoms with Gasteiger partial charge in [-0.25, -0.2) is 4.99 Å². The number of hydrogen-bond donors (Lipinski definition) is 2. The average molecular weight is 327 g/mol. The molecule has 1 aliphatic heterocycles. The summed E-state index contributed by atoms with van der Waals surface area (Å²) in [7, 11) is 0. The van der Waals surface area contributed by atoms with Crippen molar-refractivity contribution in [3.8, 4) is 0 Å². The van der Waals surface area contributed by atoms with Crippen LogP contribution in [0.1, 0.15) is 31.7 Å². The van der Waals surface area contributed by atoms with Crippen LogP contribution in [0.4, 0.5) is 0 Å². The van der Waals surface area contributed by atoms with Crippen molar-refractivity contribution in [2.75, 3.05) is 0 Å². The van der Waals surface area contributed by atoms with Gasteiger partial charge in [-0.3, -0.25) is 4.79 Å². The van der Waals surface area contributed by atoms with E-state index in [2.05, 4.69) is 15.3 Å². The molecule has 3 N–H and O–H groups in total. The molecule has 2 rings (SSSR count). The van der Waals surface area contributed by atoms with Gasteiger partial charge in [-0.15, -0.1) is 0 Å². The van der Waals surface area contributed by atoms with Crippen LogP contribution in [0.2, 0.25) is 10.0 Å². The Morgan fingerprint density at radius 3 is 2.81 bits per heavy atom. The van der Waals surface area contributed by atoms with Crippen LogP contribution in [0.3, 0.4) is 0 Å². The van der Waals surface area contributed by atoms with Crippen LogP contribution in [0.5, 0.6) is 0 Å². The predicted octanol–water partition coefficient (Wildman–Crippen LogP) is 2.72. The third kappa shape index (κ3) is 3.74. The largest absolute Gasteiger partial charge is 0.368 e. The van der Waals surface area contributed by atoms with E-state index in [0.717, 1.165) is 5.56 Å². The van der Waals surface area contributed by atoms with E-state index < -0.39 is 0 Å². The van der Waals surface area contributed by atoms with Crippen LogP contribution in [-0.2, 0) is 4.79 Å². The molecule has 112 valence electrons. The standard InChI is InChI=1S/C14H16Cl2N4O/c1-7(2)18-14(17)20-13-9(6-11(21)19-13)8-4-3-5-10(15)12(8)16/h3-5,7,9H,6H2,1-2H3,(H3,17,18,19,20,21). The smallest absolute Gasteiger partial charge is 0.226 e. The minimum atomic E-state index is -0.287. The number of amidine groups is 1. The Kier molecular flexibility index (Phi) is 4.85. The van der Waals surface area contributed by atoms with Crippen LogP contribution < -0.4 is 11.1 Å². The number of aliphatic imine (C=N–C) groups is 2. The Labute approximate surface area is 133 Å². The fraction of sp³-hybridized carbons (Fsp3) is 0.357.